The Morgan fingerprint density at radius 3 is 2.65 bits per heavy atom. The van der Waals surface area contributed by atoms with Crippen LogP contribution in [0.15, 0.2) is 42.5 Å². The number of hydrogen-bond donors (Lipinski definition) is 1. The third-order valence-corrected chi connectivity index (χ3v) is 3.14. The van der Waals surface area contributed by atoms with E-state index in [1.807, 2.05) is 37.3 Å². The molecule has 0 aromatic heterocycles. The fraction of sp³-hybridized carbons (Fsp3) is 0.294. The summed E-state index contributed by atoms with van der Waals surface area (Å²) in [5.74, 6) is 0.649. The maximum Gasteiger partial charge on any atom is 0.167 e. The molecule has 0 saturated carbocycles. The van der Waals surface area contributed by atoms with Gasteiger partial charge < -0.3 is 10.1 Å². The highest BCUT2D eigenvalue weighted by Gasteiger charge is 2.10. The molecule has 0 spiro atoms. The molecule has 0 radical (unpaired) electrons. The van der Waals surface area contributed by atoms with Gasteiger partial charge in [0.1, 0.15) is 5.75 Å². The lowest BCUT2D eigenvalue weighted by Crippen LogP contribution is -2.12. The van der Waals surface area contributed by atoms with E-state index in [2.05, 4.69) is 12.2 Å². The Bertz CT molecular complexity index is 569. The van der Waals surface area contributed by atoms with Crippen molar-refractivity contribution in [3.05, 3.63) is 59.4 Å². The van der Waals surface area contributed by atoms with Crippen molar-refractivity contribution in [1.29, 1.82) is 0 Å². The Morgan fingerprint density at radius 2 is 1.90 bits per heavy atom. The molecule has 0 amide bonds. The van der Waals surface area contributed by atoms with Gasteiger partial charge in [-0.2, -0.15) is 0 Å². The molecule has 0 saturated heterocycles. The van der Waals surface area contributed by atoms with E-state index in [0.717, 1.165) is 18.5 Å². The van der Waals surface area contributed by atoms with Crippen LogP contribution in [0.3, 0.4) is 0 Å². The van der Waals surface area contributed by atoms with Crippen LogP contribution in [-0.4, -0.2) is 6.54 Å². The summed E-state index contributed by atoms with van der Waals surface area (Å²) in [6.07, 6.45) is 0.929. The summed E-state index contributed by atoms with van der Waals surface area (Å²) in [6.45, 7) is 5.53. The van der Waals surface area contributed by atoms with Crippen LogP contribution < -0.4 is 10.1 Å². The molecule has 20 heavy (non-hydrogen) atoms. The first-order valence-electron chi connectivity index (χ1n) is 6.99. The minimum Gasteiger partial charge on any atom is -0.454 e. The molecule has 0 atom stereocenters. The van der Waals surface area contributed by atoms with Crippen molar-refractivity contribution in [3.63, 3.8) is 0 Å². The van der Waals surface area contributed by atoms with Gasteiger partial charge in [-0.15, -0.1) is 0 Å². The Balaban J connectivity index is 2.27. The van der Waals surface area contributed by atoms with E-state index in [-0.39, 0.29) is 5.82 Å². The number of benzene rings is 2. The summed E-state index contributed by atoms with van der Waals surface area (Å²) < 4.78 is 19.8. The van der Waals surface area contributed by atoms with E-state index >= 15 is 0 Å². The molecule has 2 aromatic rings. The van der Waals surface area contributed by atoms with Crippen molar-refractivity contribution in [1.82, 2.24) is 5.32 Å². The molecule has 2 aromatic carbocycles. The second-order valence-corrected chi connectivity index (χ2v) is 4.61. The molecular formula is C17H20FNO. The Morgan fingerprint density at radius 1 is 1.10 bits per heavy atom. The van der Waals surface area contributed by atoms with Crippen molar-refractivity contribution >= 4 is 0 Å². The summed E-state index contributed by atoms with van der Waals surface area (Å²) in [5.41, 5.74) is 2.00. The largest absolute Gasteiger partial charge is 0.454 e. The predicted molar refractivity (Wildman–Crippen MR) is 79.7 cm³/mol. The van der Waals surface area contributed by atoms with Crippen molar-refractivity contribution in [2.45, 2.75) is 26.8 Å². The lowest BCUT2D eigenvalue weighted by atomic mass is 10.1. The fourth-order valence-electron chi connectivity index (χ4n) is 2.01. The fourth-order valence-corrected chi connectivity index (χ4v) is 2.01. The number of hydrogen-bond acceptors (Lipinski definition) is 2. The number of aryl methyl sites for hydroxylation is 1. The first kappa shape index (κ1) is 14.5. The zero-order valence-corrected chi connectivity index (χ0v) is 11.9. The Kier molecular flexibility index (Phi) is 5.13. The highest BCUT2D eigenvalue weighted by molar-refractivity contribution is 5.40. The summed E-state index contributed by atoms with van der Waals surface area (Å²) in [7, 11) is 0. The first-order valence-corrected chi connectivity index (χ1v) is 6.99. The summed E-state index contributed by atoms with van der Waals surface area (Å²) in [4.78, 5) is 0. The van der Waals surface area contributed by atoms with E-state index < -0.39 is 0 Å². The van der Waals surface area contributed by atoms with Crippen molar-refractivity contribution in [2.24, 2.45) is 0 Å². The van der Waals surface area contributed by atoms with Crippen LogP contribution in [0.5, 0.6) is 11.5 Å². The van der Waals surface area contributed by atoms with Crippen LogP contribution >= 0.6 is 0 Å². The molecule has 0 fully saturated rings. The number of nitrogens with one attached hydrogen (secondary N) is 1. The quantitative estimate of drug-likeness (QED) is 0.847. The minimum atomic E-state index is -0.331. The van der Waals surface area contributed by atoms with Gasteiger partial charge in [0.15, 0.2) is 11.6 Å². The third-order valence-electron chi connectivity index (χ3n) is 3.14. The van der Waals surface area contributed by atoms with E-state index in [4.69, 9.17) is 4.74 Å². The van der Waals surface area contributed by atoms with Gasteiger partial charge in [0.25, 0.3) is 0 Å². The highest BCUT2D eigenvalue weighted by atomic mass is 19.1. The maximum atomic E-state index is 14.0. The molecular weight excluding hydrogens is 253 g/mol. The third kappa shape index (κ3) is 3.58. The van der Waals surface area contributed by atoms with Crippen LogP contribution in [0.25, 0.3) is 0 Å². The Labute approximate surface area is 119 Å². The molecule has 0 aliphatic rings. The van der Waals surface area contributed by atoms with Gasteiger partial charge in [0, 0.05) is 12.1 Å². The van der Waals surface area contributed by atoms with E-state index in [0.29, 0.717) is 18.0 Å². The van der Waals surface area contributed by atoms with Gasteiger partial charge in [-0.3, -0.25) is 0 Å². The maximum absolute atomic E-state index is 14.0. The molecule has 1 N–H and O–H groups in total. The smallest absolute Gasteiger partial charge is 0.167 e. The molecule has 2 nitrogen and oxygen atoms in total. The van der Waals surface area contributed by atoms with Crippen molar-refractivity contribution in [2.75, 3.05) is 6.54 Å². The second-order valence-electron chi connectivity index (χ2n) is 4.61. The molecule has 0 aliphatic heterocycles. The molecule has 2 rings (SSSR count). The van der Waals surface area contributed by atoms with Gasteiger partial charge in [0.2, 0.25) is 0 Å². The average molecular weight is 273 g/mol. The zero-order chi connectivity index (χ0) is 14.4. The standard InChI is InChI=1S/C17H20FNO/c1-3-13-7-5-9-15(11-13)20-17-14(12-19-4-2)8-6-10-16(17)18/h5-11,19H,3-4,12H2,1-2H3. The summed E-state index contributed by atoms with van der Waals surface area (Å²) >= 11 is 0. The van der Waals surface area contributed by atoms with Crippen LogP contribution in [0, 0.1) is 5.82 Å². The highest BCUT2D eigenvalue weighted by Crippen LogP contribution is 2.29. The predicted octanol–water partition coefficient (Wildman–Crippen LogP) is 4.29. The van der Waals surface area contributed by atoms with Crippen LogP contribution in [0.1, 0.15) is 25.0 Å². The van der Waals surface area contributed by atoms with Gasteiger partial charge in [0.05, 0.1) is 0 Å². The van der Waals surface area contributed by atoms with E-state index in [1.165, 1.54) is 11.6 Å². The van der Waals surface area contributed by atoms with Crippen LogP contribution in [0.4, 0.5) is 4.39 Å². The van der Waals surface area contributed by atoms with Crippen LogP contribution in [0.2, 0.25) is 0 Å². The first-order chi connectivity index (χ1) is 9.74. The summed E-state index contributed by atoms with van der Waals surface area (Å²) in [5, 5.41) is 3.19. The molecule has 0 unspecified atom stereocenters. The van der Waals surface area contributed by atoms with E-state index in [9.17, 15) is 4.39 Å². The van der Waals surface area contributed by atoms with Crippen molar-refractivity contribution < 1.29 is 9.13 Å². The molecule has 106 valence electrons. The normalized spacial score (nSPS) is 10.6. The lowest BCUT2D eigenvalue weighted by Gasteiger charge is -2.13. The van der Waals surface area contributed by atoms with Gasteiger partial charge in [-0.1, -0.05) is 38.1 Å². The topological polar surface area (TPSA) is 21.3 Å². The number of ether oxygens (including phenoxy) is 1. The van der Waals surface area contributed by atoms with Crippen molar-refractivity contribution in [3.8, 4) is 11.5 Å². The molecule has 0 heterocycles. The minimum absolute atomic E-state index is 0.307. The number of rotatable bonds is 6. The monoisotopic (exact) mass is 273 g/mol. The van der Waals surface area contributed by atoms with Gasteiger partial charge in [-0.25, -0.2) is 4.39 Å². The summed E-state index contributed by atoms with van der Waals surface area (Å²) in [6, 6.07) is 12.8. The zero-order valence-electron chi connectivity index (χ0n) is 11.9. The lowest BCUT2D eigenvalue weighted by molar-refractivity contribution is 0.433. The Hall–Kier alpha value is -1.87. The SMILES string of the molecule is CCNCc1cccc(F)c1Oc1cccc(CC)c1. The molecule has 0 aliphatic carbocycles. The number of para-hydroxylation sites is 1. The molecule has 0 bridgehead atoms. The van der Waals surface area contributed by atoms with Gasteiger partial charge >= 0.3 is 0 Å². The van der Waals surface area contributed by atoms with Crippen LogP contribution in [-0.2, 0) is 13.0 Å². The number of halogens is 1. The van der Waals surface area contributed by atoms with Gasteiger partial charge in [-0.05, 0) is 36.7 Å². The van der Waals surface area contributed by atoms with E-state index in [1.54, 1.807) is 6.07 Å². The average Bonchev–Trinajstić information content (AvgIpc) is 2.48. The molecule has 3 heteroatoms. The second kappa shape index (κ2) is 7.06.